The Hall–Kier alpha value is -7.78. The van der Waals surface area contributed by atoms with Crippen LogP contribution in [0, 0.1) is 0 Å². The summed E-state index contributed by atoms with van der Waals surface area (Å²) < 4.78 is 0. The molecule has 2 aromatic carbocycles. The van der Waals surface area contributed by atoms with Crippen molar-refractivity contribution < 1.29 is 38.4 Å². The number of nitrogens with two attached hydrogens (primary N) is 3. The summed E-state index contributed by atoms with van der Waals surface area (Å²) in [6, 6.07) is 8.24. The lowest BCUT2D eigenvalue weighted by molar-refractivity contribution is -0.136. The monoisotopic (exact) mass is 953 g/mol. The lowest BCUT2D eigenvalue weighted by Gasteiger charge is -2.27. The van der Waals surface area contributed by atoms with Crippen LogP contribution in [0.15, 0.2) is 78.3 Å². The Morgan fingerprint density at radius 3 is 2.09 bits per heavy atom. The van der Waals surface area contributed by atoms with Gasteiger partial charge in [0, 0.05) is 67.8 Å². The van der Waals surface area contributed by atoms with Crippen LogP contribution in [0.2, 0.25) is 0 Å². The molecule has 0 bridgehead atoms. The highest BCUT2D eigenvalue weighted by molar-refractivity contribution is 5.98. The van der Waals surface area contributed by atoms with Gasteiger partial charge in [0.15, 0.2) is 5.96 Å². The van der Waals surface area contributed by atoms with E-state index >= 15 is 0 Å². The maximum absolute atomic E-state index is 14.6. The molecule has 370 valence electrons. The molecule has 2 aromatic heterocycles. The maximum atomic E-state index is 14.6. The van der Waals surface area contributed by atoms with E-state index in [4.69, 9.17) is 17.2 Å². The number of guanidine groups is 1. The standard InChI is InChI=1S/C47H64N14O8/c1-2-3-18-39(62)56-38-24-40(63)52-19-10-9-16-33(41(48)64)57-44(67)36(22-29-25-54-32-15-8-7-14-31(29)32)60-42(65)34(17-11-20-53-47(49)50)58-43(66)35(21-28-12-5-4-6-13-28)59-45(68)37(61-46(38)69)23-30-26-51-27-55-30/h4-8,12-15,25-27,33-38,54H,2-3,9-11,16-24H2,1H3,(H2,48,64)(H,51,55)(H,52,63)(H,56,62)(H,57,67)(H,58,66)(H,59,68)(H,60,65)(H,61,69)(H4,49,50,53)/t33-,34+,35-,36-,37+,38+/m0/s1. The second-order valence-electron chi connectivity index (χ2n) is 17.0. The summed E-state index contributed by atoms with van der Waals surface area (Å²) in [5, 5.41) is 19.9. The number of benzene rings is 2. The van der Waals surface area contributed by atoms with E-state index in [2.05, 4.69) is 57.2 Å². The number of carbonyl (C=O) groups excluding carboxylic acids is 8. The molecule has 69 heavy (non-hydrogen) atoms. The number of imidazole rings is 1. The number of para-hydroxylation sites is 1. The quantitative estimate of drug-likeness (QED) is 0.0400. The summed E-state index contributed by atoms with van der Waals surface area (Å²) in [6.07, 6.45) is 6.04. The number of aliphatic imine (C=N–C) groups is 1. The lowest BCUT2D eigenvalue weighted by Crippen LogP contribution is -2.60. The summed E-state index contributed by atoms with van der Waals surface area (Å²) in [6.45, 7) is 2.09. The normalized spacial score (nSPS) is 21.6. The van der Waals surface area contributed by atoms with E-state index in [0.29, 0.717) is 42.5 Å². The van der Waals surface area contributed by atoms with Crippen molar-refractivity contribution in [2.75, 3.05) is 13.1 Å². The molecule has 5 rings (SSSR count). The first-order chi connectivity index (χ1) is 33.2. The molecule has 0 radical (unpaired) electrons. The fourth-order valence-electron chi connectivity index (χ4n) is 7.81. The summed E-state index contributed by atoms with van der Waals surface area (Å²) in [5.74, 6) is -5.99. The number of primary amides is 1. The Morgan fingerprint density at radius 2 is 1.39 bits per heavy atom. The van der Waals surface area contributed by atoms with Gasteiger partial charge in [-0.25, -0.2) is 4.98 Å². The molecular weight excluding hydrogens is 889 g/mol. The van der Waals surface area contributed by atoms with E-state index in [9.17, 15) is 38.4 Å². The Bertz CT molecular complexity index is 2400. The van der Waals surface area contributed by atoms with E-state index in [1.54, 1.807) is 36.5 Å². The van der Waals surface area contributed by atoms with Gasteiger partial charge < -0.3 is 64.4 Å². The predicted octanol–water partition coefficient (Wildman–Crippen LogP) is -0.753. The van der Waals surface area contributed by atoms with Gasteiger partial charge in [-0.15, -0.1) is 0 Å². The fourth-order valence-corrected chi connectivity index (χ4v) is 7.81. The van der Waals surface area contributed by atoms with Gasteiger partial charge in [0.2, 0.25) is 47.3 Å². The number of carbonyl (C=O) groups is 8. The van der Waals surface area contributed by atoms with Crippen LogP contribution >= 0.6 is 0 Å². The topological polar surface area (TPSA) is 356 Å². The molecule has 0 saturated carbocycles. The van der Waals surface area contributed by atoms with Crippen molar-refractivity contribution in [2.24, 2.45) is 22.2 Å². The molecule has 6 atom stereocenters. The van der Waals surface area contributed by atoms with Gasteiger partial charge in [-0.1, -0.05) is 61.9 Å². The van der Waals surface area contributed by atoms with Gasteiger partial charge in [0.25, 0.3) is 0 Å². The van der Waals surface area contributed by atoms with E-state index < -0.39 is 89.9 Å². The number of aromatic amines is 2. The average Bonchev–Trinajstić information content (AvgIpc) is 4.00. The SMILES string of the molecule is CCCCC(=O)N[C@@H]1CC(=O)NCCCC[C@@H](C(N)=O)NC(=O)[C@H](Cc2c[nH]c3ccccc23)NC(=O)[C@@H](CCCN=C(N)N)NC(=O)[C@H](Cc2ccccc2)NC(=O)[C@@H](Cc2cnc[nH]2)NC1=O. The zero-order valence-electron chi connectivity index (χ0n) is 38.7. The third kappa shape index (κ3) is 16.8. The molecule has 1 fully saturated rings. The molecule has 0 spiro atoms. The molecule has 15 N–H and O–H groups in total. The third-order valence-electron chi connectivity index (χ3n) is 11.5. The van der Waals surface area contributed by atoms with Crippen molar-refractivity contribution in [3.05, 3.63) is 90.1 Å². The van der Waals surface area contributed by atoms with Gasteiger partial charge in [0.05, 0.1) is 12.7 Å². The number of aromatic nitrogens is 3. The van der Waals surface area contributed by atoms with Crippen LogP contribution in [0.5, 0.6) is 0 Å². The van der Waals surface area contributed by atoms with Crippen molar-refractivity contribution in [2.45, 2.75) is 120 Å². The van der Waals surface area contributed by atoms with Crippen molar-refractivity contribution in [3.63, 3.8) is 0 Å². The molecule has 22 nitrogen and oxygen atoms in total. The van der Waals surface area contributed by atoms with Crippen LogP contribution in [-0.4, -0.2) is 118 Å². The number of nitrogens with zero attached hydrogens (tertiary/aromatic N) is 2. The number of fused-ring (bicyclic) bond motifs is 1. The van der Waals surface area contributed by atoms with Gasteiger partial charge in [-0.3, -0.25) is 43.3 Å². The number of hydrogen-bond donors (Lipinski definition) is 12. The van der Waals surface area contributed by atoms with Crippen molar-refractivity contribution in [1.82, 2.24) is 52.2 Å². The Balaban J connectivity index is 1.54. The minimum Gasteiger partial charge on any atom is -0.370 e. The Kier molecular flexibility index (Phi) is 20.1. The highest BCUT2D eigenvalue weighted by atomic mass is 16.2. The molecule has 4 aromatic rings. The number of amides is 8. The van der Waals surface area contributed by atoms with E-state index in [0.717, 1.165) is 10.9 Å². The highest BCUT2D eigenvalue weighted by Gasteiger charge is 2.34. The zero-order valence-corrected chi connectivity index (χ0v) is 38.7. The first-order valence-corrected chi connectivity index (χ1v) is 23.2. The largest absolute Gasteiger partial charge is 0.370 e. The number of H-pyrrole nitrogens is 2. The van der Waals surface area contributed by atoms with Crippen LogP contribution in [0.25, 0.3) is 10.9 Å². The van der Waals surface area contributed by atoms with E-state index in [1.807, 2.05) is 31.2 Å². The zero-order chi connectivity index (χ0) is 49.7. The smallest absolute Gasteiger partial charge is 0.243 e. The fraction of sp³-hybridized carbons (Fsp3) is 0.447. The summed E-state index contributed by atoms with van der Waals surface area (Å²) >= 11 is 0. The second-order valence-corrected chi connectivity index (χ2v) is 17.0. The van der Waals surface area contributed by atoms with Crippen molar-refractivity contribution in [3.8, 4) is 0 Å². The predicted molar refractivity (Wildman–Crippen MR) is 256 cm³/mol. The first kappa shape index (κ1) is 52.2. The van der Waals surface area contributed by atoms with Gasteiger partial charge >= 0.3 is 0 Å². The highest BCUT2D eigenvalue weighted by Crippen LogP contribution is 2.20. The lowest BCUT2D eigenvalue weighted by atomic mass is 10.0. The number of hydrogen-bond acceptors (Lipinski definition) is 10. The minimum atomic E-state index is -1.40. The molecule has 8 amide bonds. The van der Waals surface area contributed by atoms with Gasteiger partial charge in [0.1, 0.15) is 36.3 Å². The maximum Gasteiger partial charge on any atom is 0.243 e. The van der Waals surface area contributed by atoms with Crippen LogP contribution in [0.3, 0.4) is 0 Å². The second kappa shape index (κ2) is 26.5. The Labute approximate surface area is 399 Å². The van der Waals surface area contributed by atoms with Crippen LogP contribution in [-0.2, 0) is 57.6 Å². The van der Waals surface area contributed by atoms with Crippen LogP contribution in [0.4, 0.5) is 0 Å². The van der Waals surface area contributed by atoms with Crippen LogP contribution in [0.1, 0.15) is 81.5 Å². The number of rotatable bonds is 15. The van der Waals surface area contributed by atoms with Gasteiger partial charge in [-0.05, 0) is 55.7 Å². The summed E-state index contributed by atoms with van der Waals surface area (Å²) in [7, 11) is 0. The van der Waals surface area contributed by atoms with Crippen molar-refractivity contribution in [1.29, 1.82) is 0 Å². The number of unbranched alkanes of at least 4 members (excludes halogenated alkanes) is 1. The summed E-state index contributed by atoms with van der Waals surface area (Å²) in [5.41, 5.74) is 19.5. The number of nitrogens with one attached hydrogen (secondary N) is 9. The van der Waals surface area contributed by atoms with E-state index in [1.165, 1.54) is 12.5 Å². The molecule has 1 aliphatic rings. The third-order valence-corrected chi connectivity index (χ3v) is 11.5. The molecule has 1 saturated heterocycles. The van der Waals surface area contributed by atoms with Gasteiger partial charge in [-0.2, -0.15) is 0 Å². The molecule has 3 heterocycles. The molecular formula is C47H64N14O8. The summed E-state index contributed by atoms with van der Waals surface area (Å²) in [4.78, 5) is 125. The molecule has 22 heteroatoms. The average molecular weight is 953 g/mol. The van der Waals surface area contributed by atoms with Crippen LogP contribution < -0.4 is 54.4 Å². The first-order valence-electron chi connectivity index (χ1n) is 23.2. The molecule has 0 unspecified atom stereocenters. The molecule has 1 aliphatic heterocycles. The van der Waals surface area contributed by atoms with Crippen molar-refractivity contribution >= 4 is 64.1 Å². The Morgan fingerprint density at radius 1 is 0.739 bits per heavy atom. The van der Waals surface area contributed by atoms with E-state index in [-0.39, 0.29) is 64.0 Å². The minimum absolute atomic E-state index is 0.0255. The molecule has 0 aliphatic carbocycles.